The SMILES string of the molecule is CC/C=C/C(Oc1ccc(Oc2ccc(C(F)(F)F)cc2)cc1)C(=O)O. The number of carbonyl (C=O) groups is 1. The van der Waals surface area contributed by atoms with E-state index in [4.69, 9.17) is 14.6 Å². The number of carboxylic acids is 1. The molecule has 0 amide bonds. The predicted octanol–water partition coefficient (Wildman–Crippen LogP) is 5.30. The number of ether oxygens (including phenoxy) is 2. The minimum absolute atomic E-state index is 0.251. The second-order valence-corrected chi connectivity index (χ2v) is 5.31. The molecule has 0 aromatic heterocycles. The van der Waals surface area contributed by atoms with Gasteiger partial charge in [0.1, 0.15) is 17.2 Å². The number of hydrogen-bond donors (Lipinski definition) is 1. The van der Waals surface area contributed by atoms with Gasteiger partial charge in [-0.25, -0.2) is 4.79 Å². The predicted molar refractivity (Wildman–Crippen MR) is 89.4 cm³/mol. The van der Waals surface area contributed by atoms with E-state index in [1.54, 1.807) is 6.08 Å². The second kappa shape index (κ2) is 8.42. The van der Waals surface area contributed by atoms with Crippen LogP contribution in [-0.2, 0) is 11.0 Å². The van der Waals surface area contributed by atoms with Crippen molar-refractivity contribution in [2.75, 3.05) is 0 Å². The molecular formula is C19H17F3O4. The molecule has 138 valence electrons. The molecule has 0 fully saturated rings. The molecule has 1 N–H and O–H groups in total. The Morgan fingerprint density at radius 2 is 1.54 bits per heavy atom. The van der Waals surface area contributed by atoms with Gasteiger partial charge in [-0.05, 0) is 61.0 Å². The average Bonchev–Trinajstić information content (AvgIpc) is 2.59. The molecule has 0 radical (unpaired) electrons. The van der Waals surface area contributed by atoms with Gasteiger partial charge in [-0.3, -0.25) is 0 Å². The zero-order valence-corrected chi connectivity index (χ0v) is 13.9. The summed E-state index contributed by atoms with van der Waals surface area (Å²) >= 11 is 0. The Balaban J connectivity index is 2.03. The van der Waals surface area contributed by atoms with Crippen LogP contribution in [0.2, 0.25) is 0 Å². The summed E-state index contributed by atoms with van der Waals surface area (Å²) in [5.74, 6) is -0.147. The molecule has 26 heavy (non-hydrogen) atoms. The Morgan fingerprint density at radius 1 is 1.04 bits per heavy atom. The molecule has 0 saturated carbocycles. The van der Waals surface area contributed by atoms with Crippen LogP contribution in [0.4, 0.5) is 13.2 Å². The summed E-state index contributed by atoms with van der Waals surface area (Å²) in [7, 11) is 0. The van der Waals surface area contributed by atoms with E-state index in [0.29, 0.717) is 17.9 Å². The number of allylic oxidation sites excluding steroid dienone is 1. The highest BCUT2D eigenvalue weighted by Crippen LogP contribution is 2.31. The summed E-state index contributed by atoms with van der Waals surface area (Å²) in [6.45, 7) is 1.88. The maximum absolute atomic E-state index is 12.5. The molecule has 0 spiro atoms. The Morgan fingerprint density at radius 3 is 2.00 bits per heavy atom. The number of hydrogen-bond acceptors (Lipinski definition) is 3. The van der Waals surface area contributed by atoms with Gasteiger partial charge in [-0.1, -0.05) is 13.0 Å². The molecule has 2 rings (SSSR count). The van der Waals surface area contributed by atoms with E-state index < -0.39 is 23.8 Å². The van der Waals surface area contributed by atoms with Crippen molar-refractivity contribution in [1.82, 2.24) is 0 Å². The smallest absolute Gasteiger partial charge is 0.416 e. The Hall–Kier alpha value is -2.96. The van der Waals surface area contributed by atoms with Gasteiger partial charge in [0, 0.05) is 0 Å². The van der Waals surface area contributed by atoms with Crippen LogP contribution in [-0.4, -0.2) is 17.2 Å². The minimum atomic E-state index is -4.40. The van der Waals surface area contributed by atoms with Crippen molar-refractivity contribution in [1.29, 1.82) is 0 Å². The highest BCUT2D eigenvalue weighted by molar-refractivity contribution is 5.75. The van der Waals surface area contributed by atoms with Crippen molar-refractivity contribution < 1.29 is 32.5 Å². The van der Waals surface area contributed by atoms with Gasteiger partial charge in [0.25, 0.3) is 0 Å². The fourth-order valence-corrected chi connectivity index (χ4v) is 2.01. The summed E-state index contributed by atoms with van der Waals surface area (Å²) < 4.78 is 48.4. The molecule has 0 bridgehead atoms. The third-order valence-electron chi connectivity index (χ3n) is 3.29. The van der Waals surface area contributed by atoms with Crippen molar-refractivity contribution >= 4 is 5.97 Å². The molecule has 2 aromatic rings. The fourth-order valence-electron chi connectivity index (χ4n) is 2.01. The van der Waals surface area contributed by atoms with Crippen molar-refractivity contribution in [3.8, 4) is 17.2 Å². The molecule has 0 heterocycles. The minimum Gasteiger partial charge on any atom is -0.478 e. The van der Waals surface area contributed by atoms with E-state index in [0.717, 1.165) is 12.1 Å². The Kier molecular flexibility index (Phi) is 6.27. The molecule has 1 unspecified atom stereocenters. The van der Waals surface area contributed by atoms with Gasteiger partial charge in [-0.15, -0.1) is 0 Å². The fraction of sp³-hybridized carbons (Fsp3) is 0.211. The molecule has 2 aromatic carbocycles. The lowest BCUT2D eigenvalue weighted by atomic mass is 10.2. The topological polar surface area (TPSA) is 55.8 Å². The van der Waals surface area contributed by atoms with Crippen LogP contribution in [0.15, 0.2) is 60.7 Å². The monoisotopic (exact) mass is 366 g/mol. The third kappa shape index (κ3) is 5.54. The van der Waals surface area contributed by atoms with E-state index in [9.17, 15) is 18.0 Å². The van der Waals surface area contributed by atoms with Crippen LogP contribution < -0.4 is 9.47 Å². The summed E-state index contributed by atoms with van der Waals surface area (Å²) in [6, 6.07) is 10.4. The van der Waals surface area contributed by atoms with Crippen LogP contribution in [0.3, 0.4) is 0 Å². The van der Waals surface area contributed by atoms with E-state index >= 15 is 0 Å². The average molecular weight is 366 g/mol. The van der Waals surface area contributed by atoms with Gasteiger partial charge >= 0.3 is 12.1 Å². The zero-order valence-electron chi connectivity index (χ0n) is 13.9. The zero-order chi connectivity index (χ0) is 19.2. The van der Waals surface area contributed by atoms with E-state index in [-0.39, 0.29) is 5.75 Å². The number of alkyl halides is 3. The van der Waals surface area contributed by atoms with Gasteiger partial charge in [0.2, 0.25) is 6.10 Å². The van der Waals surface area contributed by atoms with Crippen molar-refractivity contribution in [2.24, 2.45) is 0 Å². The van der Waals surface area contributed by atoms with Crippen LogP contribution in [0, 0.1) is 0 Å². The molecule has 4 nitrogen and oxygen atoms in total. The first-order valence-corrected chi connectivity index (χ1v) is 7.81. The Labute approximate surface area is 148 Å². The molecular weight excluding hydrogens is 349 g/mol. The maximum atomic E-state index is 12.5. The number of rotatable bonds is 7. The summed E-state index contributed by atoms with van der Waals surface area (Å²) in [5.41, 5.74) is -0.756. The summed E-state index contributed by atoms with van der Waals surface area (Å²) in [6.07, 6.45) is -1.66. The first-order valence-electron chi connectivity index (χ1n) is 7.81. The first-order chi connectivity index (χ1) is 12.3. The molecule has 7 heteroatoms. The standard InChI is InChI=1S/C19H17F3O4/c1-2-3-4-17(18(23)24)26-16-11-9-15(10-12-16)25-14-7-5-13(6-8-14)19(20,21)22/h3-12,17H,2H2,1H3,(H,23,24)/b4-3+. The molecule has 0 aliphatic heterocycles. The van der Waals surface area contributed by atoms with E-state index in [2.05, 4.69) is 0 Å². The normalized spacial score (nSPS) is 12.8. The van der Waals surface area contributed by atoms with Gasteiger partial charge in [0.15, 0.2) is 0 Å². The Bertz CT molecular complexity index is 750. The quantitative estimate of drug-likeness (QED) is 0.676. The second-order valence-electron chi connectivity index (χ2n) is 5.31. The first kappa shape index (κ1) is 19.4. The van der Waals surface area contributed by atoms with Crippen LogP contribution >= 0.6 is 0 Å². The number of aliphatic carboxylic acids is 1. The van der Waals surface area contributed by atoms with Crippen LogP contribution in [0.5, 0.6) is 17.2 Å². The van der Waals surface area contributed by atoms with E-state index in [1.165, 1.54) is 42.5 Å². The van der Waals surface area contributed by atoms with Gasteiger partial charge < -0.3 is 14.6 Å². The molecule has 1 atom stereocenters. The highest BCUT2D eigenvalue weighted by Gasteiger charge is 2.30. The van der Waals surface area contributed by atoms with Gasteiger partial charge in [-0.2, -0.15) is 13.2 Å². The highest BCUT2D eigenvalue weighted by atomic mass is 19.4. The largest absolute Gasteiger partial charge is 0.478 e. The molecule has 0 saturated heterocycles. The van der Waals surface area contributed by atoms with E-state index in [1.807, 2.05) is 6.92 Å². The molecule has 0 aliphatic rings. The maximum Gasteiger partial charge on any atom is 0.416 e. The lowest BCUT2D eigenvalue weighted by Gasteiger charge is -2.12. The lowest BCUT2D eigenvalue weighted by molar-refractivity contribution is -0.142. The van der Waals surface area contributed by atoms with Gasteiger partial charge in [0.05, 0.1) is 5.56 Å². The summed E-state index contributed by atoms with van der Waals surface area (Å²) in [5, 5.41) is 9.11. The number of halogens is 3. The van der Waals surface area contributed by atoms with Crippen molar-refractivity contribution in [3.63, 3.8) is 0 Å². The lowest BCUT2D eigenvalue weighted by Crippen LogP contribution is -2.24. The third-order valence-corrected chi connectivity index (χ3v) is 3.29. The van der Waals surface area contributed by atoms with Crippen LogP contribution in [0.1, 0.15) is 18.9 Å². The molecule has 0 aliphatic carbocycles. The van der Waals surface area contributed by atoms with Crippen molar-refractivity contribution in [2.45, 2.75) is 25.6 Å². The number of carboxylic acid groups (broad SMARTS) is 1. The van der Waals surface area contributed by atoms with Crippen LogP contribution in [0.25, 0.3) is 0 Å². The summed E-state index contributed by atoms with van der Waals surface area (Å²) in [4.78, 5) is 11.1. The van der Waals surface area contributed by atoms with Crippen molar-refractivity contribution in [3.05, 3.63) is 66.2 Å². The number of benzene rings is 2.